The Bertz CT molecular complexity index is 571. The lowest BCUT2D eigenvalue weighted by atomic mass is 9.84. The Morgan fingerprint density at radius 1 is 1.06 bits per heavy atom. The van der Waals surface area contributed by atoms with Crippen molar-refractivity contribution in [2.75, 3.05) is 0 Å². The first-order chi connectivity index (χ1) is 8.68. The van der Waals surface area contributed by atoms with Crippen LogP contribution in [0.15, 0.2) is 54.6 Å². The predicted octanol–water partition coefficient (Wildman–Crippen LogP) is 3.60. The molecule has 1 atom stereocenters. The topological polar surface area (TPSA) is 20.2 Å². The Kier molecular flexibility index (Phi) is 3.72. The van der Waals surface area contributed by atoms with Crippen molar-refractivity contribution in [1.82, 2.24) is 0 Å². The quantitative estimate of drug-likeness (QED) is 0.832. The molecule has 0 bridgehead atoms. The number of hydrogen-bond acceptors (Lipinski definition) is 1. The van der Waals surface area contributed by atoms with Crippen LogP contribution in [0.3, 0.4) is 0 Å². The van der Waals surface area contributed by atoms with Crippen LogP contribution < -0.4 is 0 Å². The Hall–Kier alpha value is -1.75. The second-order valence-electron chi connectivity index (χ2n) is 4.09. The van der Waals surface area contributed by atoms with Crippen LogP contribution in [0.4, 0.5) is 0 Å². The summed E-state index contributed by atoms with van der Waals surface area (Å²) in [5, 5.41) is 11.4. The summed E-state index contributed by atoms with van der Waals surface area (Å²) in [4.78, 5) is 0. The van der Waals surface area contributed by atoms with E-state index < -0.39 is 5.60 Å². The second-order valence-corrected chi connectivity index (χ2v) is 4.49. The summed E-state index contributed by atoms with van der Waals surface area (Å²) in [6.45, 7) is 0. The third-order valence-corrected chi connectivity index (χ3v) is 3.26. The van der Waals surface area contributed by atoms with E-state index >= 15 is 0 Å². The minimum atomic E-state index is -1.24. The van der Waals surface area contributed by atoms with Gasteiger partial charge in [0, 0.05) is 17.0 Å². The Labute approximate surface area is 112 Å². The zero-order valence-corrected chi connectivity index (χ0v) is 10.6. The molecule has 0 aromatic heterocycles. The lowest BCUT2D eigenvalue weighted by molar-refractivity contribution is 0.0867. The molecule has 0 heterocycles. The van der Waals surface area contributed by atoms with Gasteiger partial charge in [0.2, 0.25) is 0 Å². The third kappa shape index (κ3) is 2.26. The van der Waals surface area contributed by atoms with Gasteiger partial charge < -0.3 is 5.11 Å². The highest BCUT2D eigenvalue weighted by atomic mass is 35.5. The normalized spacial score (nSPS) is 13.6. The summed E-state index contributed by atoms with van der Waals surface area (Å²) in [6.07, 6.45) is 5.57. The van der Waals surface area contributed by atoms with Gasteiger partial charge in [-0.15, -0.1) is 12.3 Å². The number of hydrogen-bond donors (Lipinski definition) is 1. The summed E-state index contributed by atoms with van der Waals surface area (Å²) in [5.74, 6) is 2.52. The average Bonchev–Trinajstić information content (AvgIpc) is 2.40. The van der Waals surface area contributed by atoms with Gasteiger partial charge in [-0.25, -0.2) is 0 Å². The van der Waals surface area contributed by atoms with Gasteiger partial charge in [0.25, 0.3) is 0 Å². The number of aliphatic hydroxyl groups is 1. The average molecular weight is 257 g/mol. The van der Waals surface area contributed by atoms with Gasteiger partial charge in [0.15, 0.2) is 0 Å². The van der Waals surface area contributed by atoms with Crippen LogP contribution in [0.25, 0.3) is 0 Å². The molecule has 0 aliphatic carbocycles. The summed E-state index contributed by atoms with van der Waals surface area (Å²) in [7, 11) is 0. The van der Waals surface area contributed by atoms with Crippen molar-refractivity contribution in [2.45, 2.75) is 12.0 Å². The number of terminal acetylenes is 1. The Morgan fingerprint density at radius 3 is 2.28 bits per heavy atom. The fourth-order valence-electron chi connectivity index (χ4n) is 2.01. The largest absolute Gasteiger partial charge is 0.379 e. The highest BCUT2D eigenvalue weighted by molar-refractivity contribution is 6.31. The Balaban J connectivity index is 2.59. The molecule has 1 unspecified atom stereocenters. The van der Waals surface area contributed by atoms with E-state index in [9.17, 15) is 5.11 Å². The fraction of sp³-hybridized carbons (Fsp3) is 0.125. The summed E-state index contributed by atoms with van der Waals surface area (Å²) in [5.41, 5.74) is 0.140. The number of benzene rings is 2. The maximum Gasteiger partial charge on any atom is 0.127 e. The zero-order valence-electron chi connectivity index (χ0n) is 9.81. The molecule has 2 aromatic rings. The maximum absolute atomic E-state index is 10.9. The van der Waals surface area contributed by atoms with E-state index in [1.54, 1.807) is 12.1 Å². The molecule has 1 nitrogen and oxygen atoms in total. The molecule has 18 heavy (non-hydrogen) atoms. The highest BCUT2D eigenvalue weighted by Crippen LogP contribution is 2.36. The molecule has 0 amide bonds. The van der Waals surface area contributed by atoms with Crippen LogP contribution in [0.5, 0.6) is 0 Å². The summed E-state index contributed by atoms with van der Waals surface area (Å²) < 4.78 is 0. The van der Waals surface area contributed by atoms with Crippen LogP contribution in [0, 0.1) is 12.3 Å². The van der Waals surface area contributed by atoms with Gasteiger partial charge in [-0.2, -0.15) is 0 Å². The number of rotatable bonds is 3. The number of halogens is 1. The molecule has 0 aliphatic heterocycles. The molecular weight excluding hydrogens is 244 g/mol. The van der Waals surface area contributed by atoms with Crippen LogP contribution >= 0.6 is 11.6 Å². The van der Waals surface area contributed by atoms with Crippen LogP contribution in [-0.2, 0) is 5.60 Å². The first-order valence-corrected chi connectivity index (χ1v) is 6.02. The maximum atomic E-state index is 10.9. The van der Waals surface area contributed by atoms with Crippen LogP contribution in [-0.4, -0.2) is 5.11 Å². The first-order valence-electron chi connectivity index (χ1n) is 5.65. The van der Waals surface area contributed by atoms with Crippen molar-refractivity contribution in [3.05, 3.63) is 70.7 Å². The molecule has 2 aromatic carbocycles. The minimum absolute atomic E-state index is 0.181. The highest BCUT2D eigenvalue weighted by Gasteiger charge is 2.32. The van der Waals surface area contributed by atoms with Crippen LogP contribution in [0.2, 0.25) is 5.02 Å². The zero-order chi connectivity index (χ0) is 13.0. The summed E-state index contributed by atoms with van der Waals surface area (Å²) >= 11 is 6.17. The van der Waals surface area contributed by atoms with E-state index in [2.05, 4.69) is 5.92 Å². The van der Waals surface area contributed by atoms with E-state index in [0.29, 0.717) is 10.6 Å². The summed E-state index contributed by atoms with van der Waals surface area (Å²) in [6, 6.07) is 16.5. The molecule has 0 radical (unpaired) electrons. The molecular formula is C16H13ClO. The molecule has 0 spiro atoms. The smallest absolute Gasteiger partial charge is 0.127 e. The standard InChI is InChI=1S/C16H13ClO/c1-2-12-16(18,13-8-4-3-5-9-13)14-10-6-7-11-15(14)17/h1,3-11,18H,12H2. The van der Waals surface area contributed by atoms with Gasteiger partial charge >= 0.3 is 0 Å². The fourth-order valence-corrected chi connectivity index (χ4v) is 2.30. The van der Waals surface area contributed by atoms with Crippen molar-refractivity contribution >= 4 is 11.6 Å². The third-order valence-electron chi connectivity index (χ3n) is 2.93. The SMILES string of the molecule is C#CCC(O)(c1ccccc1)c1ccccc1Cl. The van der Waals surface area contributed by atoms with Crippen molar-refractivity contribution in [1.29, 1.82) is 0 Å². The lowest BCUT2D eigenvalue weighted by Gasteiger charge is -2.28. The van der Waals surface area contributed by atoms with Crippen molar-refractivity contribution in [3.8, 4) is 12.3 Å². The van der Waals surface area contributed by atoms with Crippen molar-refractivity contribution in [3.63, 3.8) is 0 Å². The molecule has 90 valence electrons. The van der Waals surface area contributed by atoms with Gasteiger partial charge in [0.1, 0.15) is 5.60 Å². The van der Waals surface area contributed by atoms with Crippen LogP contribution in [0.1, 0.15) is 17.5 Å². The molecule has 0 aliphatic rings. The van der Waals surface area contributed by atoms with E-state index in [1.807, 2.05) is 42.5 Å². The monoisotopic (exact) mass is 256 g/mol. The lowest BCUT2D eigenvalue weighted by Crippen LogP contribution is -2.27. The van der Waals surface area contributed by atoms with Gasteiger partial charge in [-0.05, 0) is 11.6 Å². The molecule has 2 heteroatoms. The van der Waals surface area contributed by atoms with Gasteiger partial charge in [0.05, 0.1) is 0 Å². The molecule has 0 fully saturated rings. The van der Waals surface area contributed by atoms with Crippen molar-refractivity contribution in [2.24, 2.45) is 0 Å². The van der Waals surface area contributed by atoms with E-state index in [-0.39, 0.29) is 6.42 Å². The van der Waals surface area contributed by atoms with Gasteiger partial charge in [-0.3, -0.25) is 0 Å². The van der Waals surface area contributed by atoms with E-state index in [4.69, 9.17) is 18.0 Å². The minimum Gasteiger partial charge on any atom is -0.379 e. The Morgan fingerprint density at radius 2 is 1.67 bits per heavy atom. The van der Waals surface area contributed by atoms with Crippen molar-refractivity contribution < 1.29 is 5.11 Å². The molecule has 2 rings (SSSR count). The molecule has 0 saturated carbocycles. The second kappa shape index (κ2) is 5.27. The molecule has 0 saturated heterocycles. The van der Waals surface area contributed by atoms with Gasteiger partial charge in [-0.1, -0.05) is 60.1 Å². The molecule has 1 N–H and O–H groups in total. The van der Waals surface area contributed by atoms with E-state index in [0.717, 1.165) is 5.56 Å². The van der Waals surface area contributed by atoms with E-state index in [1.165, 1.54) is 0 Å². The predicted molar refractivity (Wildman–Crippen MR) is 74.3 cm³/mol. The first kappa shape index (κ1) is 12.7.